The lowest BCUT2D eigenvalue weighted by Crippen LogP contribution is -2.16. The average molecular weight is 267 g/mol. The summed E-state index contributed by atoms with van der Waals surface area (Å²) in [6.07, 6.45) is 3.55. The topological polar surface area (TPSA) is 24.4 Å². The standard InChI is InChI=1S/C12H15BrN2/c1-9-10(13)5-4-6-11(9)15-12-7-2-3-8-14-12/h4-6H,2-3,7-8H2,1H3,(H,14,15). The molecule has 2 nitrogen and oxygen atoms in total. The van der Waals surface area contributed by atoms with E-state index in [-0.39, 0.29) is 0 Å². The fraction of sp³-hybridized carbons (Fsp3) is 0.417. The highest BCUT2D eigenvalue weighted by Gasteiger charge is 2.07. The Kier molecular flexibility index (Phi) is 3.41. The maximum atomic E-state index is 4.49. The molecule has 0 radical (unpaired) electrons. The number of hydrogen-bond donors (Lipinski definition) is 1. The molecule has 1 aliphatic rings. The molecule has 0 spiro atoms. The van der Waals surface area contributed by atoms with Crippen molar-refractivity contribution in [2.75, 3.05) is 11.9 Å². The van der Waals surface area contributed by atoms with Crippen molar-refractivity contribution in [3.8, 4) is 0 Å². The highest BCUT2D eigenvalue weighted by molar-refractivity contribution is 9.10. The van der Waals surface area contributed by atoms with Crippen molar-refractivity contribution < 1.29 is 0 Å². The quantitative estimate of drug-likeness (QED) is 0.823. The maximum Gasteiger partial charge on any atom is 0.101 e. The van der Waals surface area contributed by atoms with Crippen LogP contribution >= 0.6 is 15.9 Å². The molecule has 0 aliphatic carbocycles. The van der Waals surface area contributed by atoms with Gasteiger partial charge in [0.15, 0.2) is 0 Å². The third kappa shape index (κ3) is 2.59. The van der Waals surface area contributed by atoms with Crippen LogP contribution in [-0.4, -0.2) is 12.4 Å². The van der Waals surface area contributed by atoms with Gasteiger partial charge in [0, 0.05) is 23.1 Å². The summed E-state index contributed by atoms with van der Waals surface area (Å²) < 4.78 is 1.14. The molecule has 0 unspecified atom stereocenters. The number of hydrogen-bond acceptors (Lipinski definition) is 2. The Balaban J connectivity index is 2.16. The molecule has 1 N–H and O–H groups in total. The van der Waals surface area contributed by atoms with Gasteiger partial charge in [0.2, 0.25) is 0 Å². The first-order valence-electron chi connectivity index (χ1n) is 5.33. The van der Waals surface area contributed by atoms with Crippen molar-refractivity contribution in [2.24, 2.45) is 4.99 Å². The lowest BCUT2D eigenvalue weighted by Gasteiger charge is -2.15. The smallest absolute Gasteiger partial charge is 0.101 e. The van der Waals surface area contributed by atoms with Gasteiger partial charge in [-0.3, -0.25) is 4.99 Å². The van der Waals surface area contributed by atoms with Crippen molar-refractivity contribution in [1.82, 2.24) is 0 Å². The van der Waals surface area contributed by atoms with Crippen molar-refractivity contribution >= 4 is 27.5 Å². The Hall–Kier alpha value is -0.830. The van der Waals surface area contributed by atoms with E-state index < -0.39 is 0 Å². The summed E-state index contributed by atoms with van der Waals surface area (Å²) in [6, 6.07) is 6.20. The van der Waals surface area contributed by atoms with Crippen LogP contribution in [-0.2, 0) is 0 Å². The van der Waals surface area contributed by atoms with Gasteiger partial charge < -0.3 is 5.32 Å². The molecule has 0 fully saturated rings. The second-order valence-corrected chi connectivity index (χ2v) is 4.68. The summed E-state index contributed by atoms with van der Waals surface area (Å²) in [7, 11) is 0. The number of benzene rings is 1. The molecule has 15 heavy (non-hydrogen) atoms. The van der Waals surface area contributed by atoms with Crippen LogP contribution in [0.5, 0.6) is 0 Å². The second kappa shape index (κ2) is 4.79. The first-order valence-corrected chi connectivity index (χ1v) is 6.12. The number of halogens is 1. The Labute approximate surface area is 98.9 Å². The largest absolute Gasteiger partial charge is 0.344 e. The van der Waals surface area contributed by atoms with Gasteiger partial charge in [-0.05, 0) is 37.5 Å². The first-order chi connectivity index (χ1) is 7.27. The molecule has 3 heteroatoms. The van der Waals surface area contributed by atoms with Crippen molar-refractivity contribution in [3.05, 3.63) is 28.2 Å². The van der Waals surface area contributed by atoms with E-state index in [2.05, 4.69) is 45.3 Å². The van der Waals surface area contributed by atoms with Crippen LogP contribution in [0.15, 0.2) is 27.7 Å². The zero-order valence-corrected chi connectivity index (χ0v) is 10.5. The predicted octanol–water partition coefficient (Wildman–Crippen LogP) is 3.75. The summed E-state index contributed by atoms with van der Waals surface area (Å²) in [6.45, 7) is 3.07. The molecule has 0 aromatic heterocycles. The average Bonchev–Trinajstić information content (AvgIpc) is 2.26. The van der Waals surface area contributed by atoms with Crippen LogP contribution < -0.4 is 5.32 Å². The van der Waals surface area contributed by atoms with Crippen LogP contribution in [0.2, 0.25) is 0 Å². The van der Waals surface area contributed by atoms with E-state index >= 15 is 0 Å². The van der Waals surface area contributed by atoms with Crippen LogP contribution in [0, 0.1) is 6.92 Å². The molecule has 0 saturated carbocycles. The number of amidine groups is 1. The van der Waals surface area contributed by atoms with Crippen molar-refractivity contribution in [3.63, 3.8) is 0 Å². The highest BCUT2D eigenvalue weighted by Crippen LogP contribution is 2.24. The van der Waals surface area contributed by atoms with Gasteiger partial charge in [0.1, 0.15) is 5.84 Å². The fourth-order valence-corrected chi connectivity index (χ4v) is 2.06. The minimum absolute atomic E-state index is 0.968. The minimum Gasteiger partial charge on any atom is -0.344 e. The third-order valence-corrected chi connectivity index (χ3v) is 3.53. The van der Waals surface area contributed by atoms with Crippen LogP contribution in [0.25, 0.3) is 0 Å². The van der Waals surface area contributed by atoms with E-state index in [9.17, 15) is 0 Å². The van der Waals surface area contributed by atoms with E-state index in [1.807, 2.05) is 6.07 Å². The molecule has 2 rings (SSSR count). The van der Waals surface area contributed by atoms with Crippen molar-refractivity contribution in [1.29, 1.82) is 0 Å². The second-order valence-electron chi connectivity index (χ2n) is 3.82. The Bertz CT molecular complexity index is 385. The van der Waals surface area contributed by atoms with Gasteiger partial charge in [0.05, 0.1) is 0 Å². The zero-order chi connectivity index (χ0) is 10.7. The summed E-state index contributed by atoms with van der Waals surface area (Å²) in [4.78, 5) is 4.49. The number of aliphatic imine (C=N–C) groups is 1. The molecule has 0 amide bonds. The molecule has 1 heterocycles. The monoisotopic (exact) mass is 266 g/mol. The molecule has 80 valence electrons. The molecular formula is C12H15BrN2. The fourth-order valence-electron chi connectivity index (χ4n) is 1.70. The number of anilines is 1. The lowest BCUT2D eigenvalue weighted by molar-refractivity contribution is 0.737. The number of nitrogens with zero attached hydrogens (tertiary/aromatic N) is 1. The lowest BCUT2D eigenvalue weighted by atomic mass is 10.1. The SMILES string of the molecule is Cc1c(Br)cccc1NC1=NCCCC1. The van der Waals surface area contributed by atoms with Gasteiger partial charge in [-0.2, -0.15) is 0 Å². The van der Waals surface area contributed by atoms with E-state index in [0.717, 1.165) is 29.0 Å². The zero-order valence-electron chi connectivity index (χ0n) is 8.89. The molecule has 1 aromatic carbocycles. The van der Waals surface area contributed by atoms with Crippen LogP contribution in [0.1, 0.15) is 24.8 Å². The van der Waals surface area contributed by atoms with E-state index in [4.69, 9.17) is 0 Å². The van der Waals surface area contributed by atoms with Crippen molar-refractivity contribution in [2.45, 2.75) is 26.2 Å². The number of rotatable bonds is 1. The van der Waals surface area contributed by atoms with E-state index in [0.29, 0.717) is 0 Å². The highest BCUT2D eigenvalue weighted by atomic mass is 79.9. The molecule has 1 aliphatic heterocycles. The Morgan fingerprint density at radius 3 is 2.93 bits per heavy atom. The molecule has 0 bridgehead atoms. The predicted molar refractivity (Wildman–Crippen MR) is 68.7 cm³/mol. The summed E-state index contributed by atoms with van der Waals surface area (Å²) in [5, 5.41) is 3.41. The van der Waals surface area contributed by atoms with Gasteiger partial charge in [0.25, 0.3) is 0 Å². The van der Waals surface area contributed by atoms with Gasteiger partial charge in [-0.15, -0.1) is 0 Å². The van der Waals surface area contributed by atoms with Gasteiger partial charge in [-0.1, -0.05) is 22.0 Å². The minimum atomic E-state index is 0.968. The Morgan fingerprint density at radius 2 is 2.20 bits per heavy atom. The van der Waals surface area contributed by atoms with E-state index in [1.165, 1.54) is 18.4 Å². The first kappa shape index (κ1) is 10.7. The summed E-state index contributed by atoms with van der Waals surface area (Å²) in [5.74, 6) is 1.13. The normalized spacial score (nSPS) is 16.0. The number of nitrogens with one attached hydrogen (secondary N) is 1. The molecule has 1 aromatic rings. The van der Waals surface area contributed by atoms with Gasteiger partial charge in [-0.25, -0.2) is 0 Å². The Morgan fingerprint density at radius 1 is 1.33 bits per heavy atom. The molecular weight excluding hydrogens is 252 g/mol. The summed E-state index contributed by atoms with van der Waals surface area (Å²) >= 11 is 3.53. The molecule has 0 saturated heterocycles. The maximum absolute atomic E-state index is 4.49. The van der Waals surface area contributed by atoms with Crippen LogP contribution in [0.4, 0.5) is 5.69 Å². The third-order valence-electron chi connectivity index (χ3n) is 2.67. The molecule has 0 atom stereocenters. The summed E-state index contributed by atoms with van der Waals surface area (Å²) in [5.41, 5.74) is 2.40. The van der Waals surface area contributed by atoms with Crippen LogP contribution in [0.3, 0.4) is 0 Å². The van der Waals surface area contributed by atoms with E-state index in [1.54, 1.807) is 0 Å². The van der Waals surface area contributed by atoms with Gasteiger partial charge >= 0.3 is 0 Å².